The van der Waals surface area contributed by atoms with Gasteiger partial charge in [-0.3, -0.25) is 14.5 Å². The predicted molar refractivity (Wildman–Crippen MR) is 145 cm³/mol. The summed E-state index contributed by atoms with van der Waals surface area (Å²) < 4.78 is 6.04. The maximum atomic E-state index is 13.5. The third kappa shape index (κ3) is 4.64. The van der Waals surface area contributed by atoms with Crippen molar-refractivity contribution in [2.24, 2.45) is 0 Å². The van der Waals surface area contributed by atoms with Crippen LogP contribution in [0.15, 0.2) is 109 Å². The fourth-order valence-corrected chi connectivity index (χ4v) is 4.66. The van der Waals surface area contributed by atoms with Gasteiger partial charge in [-0.15, -0.1) is 0 Å². The van der Waals surface area contributed by atoms with Gasteiger partial charge in [-0.05, 0) is 60.4 Å². The Kier molecular flexibility index (Phi) is 6.60. The molecule has 1 fully saturated rings. The number of aliphatic hydroxyl groups excluding tert-OH is 1. The summed E-state index contributed by atoms with van der Waals surface area (Å²) >= 11 is 0. The van der Waals surface area contributed by atoms with Crippen molar-refractivity contribution in [3.63, 3.8) is 0 Å². The van der Waals surface area contributed by atoms with Gasteiger partial charge in [0.1, 0.15) is 17.3 Å². The number of carbonyl (C=O) groups is 2. The lowest BCUT2D eigenvalue weighted by Crippen LogP contribution is -2.30. The molecule has 5 rings (SSSR count). The quantitative estimate of drug-likeness (QED) is 0.180. The summed E-state index contributed by atoms with van der Waals surface area (Å²) in [7, 11) is 0. The lowest BCUT2D eigenvalue weighted by atomic mass is 9.94. The van der Waals surface area contributed by atoms with Crippen molar-refractivity contribution in [1.29, 1.82) is 0 Å². The molecule has 0 bridgehead atoms. The van der Waals surface area contributed by atoms with E-state index in [1.807, 2.05) is 105 Å². The van der Waals surface area contributed by atoms with Crippen LogP contribution in [0.4, 0.5) is 5.69 Å². The zero-order valence-corrected chi connectivity index (χ0v) is 20.7. The monoisotopic (exact) mass is 489 g/mol. The van der Waals surface area contributed by atoms with E-state index in [2.05, 4.69) is 0 Å². The lowest BCUT2D eigenvalue weighted by molar-refractivity contribution is -0.132. The number of amides is 1. The summed E-state index contributed by atoms with van der Waals surface area (Å²) in [6.07, 6.45) is 0.854. The molecule has 0 saturated carbocycles. The molecule has 5 heteroatoms. The van der Waals surface area contributed by atoms with Gasteiger partial charge in [-0.1, -0.05) is 79.7 Å². The van der Waals surface area contributed by atoms with E-state index in [0.717, 1.165) is 17.5 Å². The third-order valence-corrected chi connectivity index (χ3v) is 6.61. The summed E-state index contributed by atoms with van der Waals surface area (Å²) in [5.74, 6) is -0.369. The van der Waals surface area contributed by atoms with Crippen molar-refractivity contribution in [3.05, 3.63) is 131 Å². The highest BCUT2D eigenvalue weighted by Gasteiger charge is 2.47. The maximum absolute atomic E-state index is 13.5. The molecule has 0 spiro atoms. The van der Waals surface area contributed by atoms with E-state index in [0.29, 0.717) is 28.3 Å². The molecule has 4 aromatic carbocycles. The highest BCUT2D eigenvalue weighted by Crippen LogP contribution is 2.44. The van der Waals surface area contributed by atoms with Gasteiger partial charge in [-0.25, -0.2) is 0 Å². The highest BCUT2D eigenvalue weighted by atomic mass is 16.5. The summed E-state index contributed by atoms with van der Waals surface area (Å²) in [5, 5.41) is 11.4. The second-order valence-electron chi connectivity index (χ2n) is 8.99. The molecule has 1 aliphatic rings. The van der Waals surface area contributed by atoms with Crippen LogP contribution in [0.2, 0.25) is 0 Å². The van der Waals surface area contributed by atoms with Crippen LogP contribution in [-0.4, -0.2) is 16.8 Å². The van der Waals surface area contributed by atoms with E-state index in [1.54, 1.807) is 12.1 Å². The molecular weight excluding hydrogens is 462 g/mol. The number of hydrogen-bond acceptors (Lipinski definition) is 4. The number of Topliss-reactive ketones (excluding diaryl/α,β-unsaturated/α-hetero) is 1. The smallest absolute Gasteiger partial charge is 0.300 e. The van der Waals surface area contributed by atoms with Crippen molar-refractivity contribution >= 4 is 23.1 Å². The number of aliphatic hydroxyl groups is 1. The Morgan fingerprint density at radius 2 is 1.51 bits per heavy atom. The Labute approximate surface area is 216 Å². The first-order valence-electron chi connectivity index (χ1n) is 12.3. The van der Waals surface area contributed by atoms with Gasteiger partial charge in [0.05, 0.1) is 11.6 Å². The van der Waals surface area contributed by atoms with Gasteiger partial charge < -0.3 is 9.84 Å². The van der Waals surface area contributed by atoms with Crippen LogP contribution in [0.3, 0.4) is 0 Å². The second-order valence-corrected chi connectivity index (χ2v) is 8.99. The molecule has 0 radical (unpaired) electrons. The van der Waals surface area contributed by atoms with Crippen molar-refractivity contribution in [2.75, 3.05) is 4.90 Å². The number of ketones is 1. The molecule has 1 N–H and O–H groups in total. The maximum Gasteiger partial charge on any atom is 0.300 e. The number of anilines is 1. The van der Waals surface area contributed by atoms with Crippen molar-refractivity contribution < 1.29 is 19.4 Å². The van der Waals surface area contributed by atoms with Crippen LogP contribution < -0.4 is 9.64 Å². The van der Waals surface area contributed by atoms with Gasteiger partial charge in [0.15, 0.2) is 0 Å². The molecule has 1 unspecified atom stereocenters. The van der Waals surface area contributed by atoms with Crippen LogP contribution >= 0.6 is 0 Å². The minimum atomic E-state index is -0.828. The van der Waals surface area contributed by atoms with E-state index in [4.69, 9.17) is 4.74 Å². The van der Waals surface area contributed by atoms with Crippen LogP contribution in [0.1, 0.15) is 35.2 Å². The Balaban J connectivity index is 1.67. The molecule has 1 atom stereocenters. The van der Waals surface area contributed by atoms with Gasteiger partial charge in [-0.2, -0.15) is 0 Å². The number of aryl methyl sites for hydroxylation is 2. The van der Waals surface area contributed by atoms with Gasteiger partial charge in [0.25, 0.3) is 11.7 Å². The summed E-state index contributed by atoms with van der Waals surface area (Å²) in [6.45, 7) is 3.94. The molecule has 1 aliphatic heterocycles. The largest absolute Gasteiger partial charge is 0.507 e. The number of ether oxygens (including phenoxy) is 1. The van der Waals surface area contributed by atoms with Crippen LogP contribution in [0.25, 0.3) is 5.76 Å². The van der Waals surface area contributed by atoms with E-state index in [1.165, 1.54) is 4.90 Å². The summed E-state index contributed by atoms with van der Waals surface area (Å²) in [5.41, 5.74) is 3.76. The number of para-hydroxylation sites is 2. The molecule has 0 aliphatic carbocycles. The number of nitrogens with zero attached hydrogens (tertiary/aromatic N) is 1. The van der Waals surface area contributed by atoms with Crippen LogP contribution in [-0.2, 0) is 16.0 Å². The normalized spacial score (nSPS) is 16.7. The zero-order chi connectivity index (χ0) is 25.9. The minimum Gasteiger partial charge on any atom is -0.507 e. The molecular formula is C32H27NO4. The fraction of sp³-hybridized carbons (Fsp3) is 0.125. The first-order valence-corrected chi connectivity index (χ1v) is 12.3. The number of hydrogen-bond donors (Lipinski definition) is 1. The van der Waals surface area contributed by atoms with Crippen molar-refractivity contribution in [2.45, 2.75) is 26.3 Å². The Morgan fingerprint density at radius 3 is 2.22 bits per heavy atom. The predicted octanol–water partition coefficient (Wildman–Crippen LogP) is 6.98. The topological polar surface area (TPSA) is 66.8 Å². The second kappa shape index (κ2) is 10.2. The average molecular weight is 490 g/mol. The SMILES string of the molecule is CCc1ccc(/C(O)=C2/C(=O)C(=O)N(c3ccccc3C)C2c2cccc(Oc3ccccc3)c2)cc1. The van der Waals surface area contributed by atoms with Crippen molar-refractivity contribution in [3.8, 4) is 11.5 Å². The third-order valence-electron chi connectivity index (χ3n) is 6.61. The highest BCUT2D eigenvalue weighted by molar-refractivity contribution is 6.51. The molecule has 37 heavy (non-hydrogen) atoms. The molecule has 1 saturated heterocycles. The molecule has 0 aromatic heterocycles. The van der Waals surface area contributed by atoms with Gasteiger partial charge in [0, 0.05) is 11.3 Å². The number of carbonyl (C=O) groups excluding carboxylic acids is 2. The molecule has 1 heterocycles. The van der Waals surface area contributed by atoms with E-state index in [9.17, 15) is 14.7 Å². The average Bonchev–Trinajstić information content (AvgIpc) is 3.19. The first kappa shape index (κ1) is 24.1. The Morgan fingerprint density at radius 1 is 0.838 bits per heavy atom. The summed E-state index contributed by atoms with van der Waals surface area (Å²) in [6, 6.07) is 30.6. The molecule has 5 nitrogen and oxygen atoms in total. The van der Waals surface area contributed by atoms with Crippen molar-refractivity contribution in [1.82, 2.24) is 0 Å². The zero-order valence-electron chi connectivity index (χ0n) is 20.7. The molecule has 4 aromatic rings. The standard InChI is InChI=1S/C32H27NO4/c1-3-22-16-18-23(19-17-22)30(34)28-29(33(32(36)31(28)35)27-15-8-7-10-21(27)2)24-11-9-14-26(20-24)37-25-12-5-4-6-13-25/h4-20,29,34H,3H2,1-2H3/b30-28-. The first-order chi connectivity index (χ1) is 18.0. The Bertz CT molecular complexity index is 1490. The van der Waals surface area contributed by atoms with E-state index < -0.39 is 17.7 Å². The Hall–Kier alpha value is -4.64. The number of benzene rings is 4. The lowest BCUT2D eigenvalue weighted by Gasteiger charge is -2.27. The van der Waals surface area contributed by atoms with Crippen LogP contribution in [0, 0.1) is 6.92 Å². The fourth-order valence-electron chi connectivity index (χ4n) is 4.66. The molecule has 184 valence electrons. The molecule has 1 amide bonds. The van der Waals surface area contributed by atoms with Gasteiger partial charge >= 0.3 is 0 Å². The number of rotatable bonds is 6. The van der Waals surface area contributed by atoms with E-state index >= 15 is 0 Å². The van der Waals surface area contributed by atoms with E-state index in [-0.39, 0.29) is 11.3 Å². The van der Waals surface area contributed by atoms with Gasteiger partial charge in [0.2, 0.25) is 0 Å². The minimum absolute atomic E-state index is 0.0503. The van der Waals surface area contributed by atoms with Crippen LogP contribution in [0.5, 0.6) is 11.5 Å². The summed E-state index contributed by atoms with van der Waals surface area (Å²) in [4.78, 5) is 28.4.